The Morgan fingerprint density at radius 1 is 1.57 bits per heavy atom. The van der Waals surface area contributed by atoms with Gasteiger partial charge in [0.05, 0.1) is 0 Å². The Kier molecular flexibility index (Phi) is 3.17. The summed E-state index contributed by atoms with van der Waals surface area (Å²) in [6.45, 7) is 2.94. The summed E-state index contributed by atoms with van der Waals surface area (Å²) in [5.74, 6) is -0.692. The first-order valence-corrected chi connectivity index (χ1v) is 5.01. The van der Waals surface area contributed by atoms with E-state index in [-0.39, 0.29) is 0 Å². The van der Waals surface area contributed by atoms with Crippen molar-refractivity contribution in [1.82, 2.24) is 9.80 Å². The molecule has 0 bridgehead atoms. The molecule has 1 aliphatic rings. The minimum Gasteiger partial charge on any atom is -0.480 e. The van der Waals surface area contributed by atoms with Gasteiger partial charge in [0.2, 0.25) is 0 Å². The van der Waals surface area contributed by atoms with Crippen LogP contribution in [-0.4, -0.2) is 60.1 Å². The average Bonchev–Trinajstić information content (AvgIpc) is 2.09. The molecule has 0 aromatic carbocycles. The van der Waals surface area contributed by atoms with Gasteiger partial charge in [0.25, 0.3) is 0 Å². The van der Waals surface area contributed by atoms with Crippen molar-refractivity contribution in [2.75, 3.05) is 27.7 Å². The summed E-state index contributed by atoms with van der Waals surface area (Å²) in [6.07, 6.45) is 1.40. The summed E-state index contributed by atoms with van der Waals surface area (Å²) in [4.78, 5) is 15.4. The highest BCUT2D eigenvalue weighted by Gasteiger charge is 2.45. The number of hydrogen-bond donors (Lipinski definition) is 1. The Bertz CT molecular complexity index is 230. The van der Waals surface area contributed by atoms with E-state index < -0.39 is 11.5 Å². The summed E-state index contributed by atoms with van der Waals surface area (Å²) in [5.41, 5.74) is -0.661. The van der Waals surface area contributed by atoms with Gasteiger partial charge in [0.1, 0.15) is 5.54 Å². The van der Waals surface area contributed by atoms with Crippen molar-refractivity contribution in [3.05, 3.63) is 0 Å². The van der Waals surface area contributed by atoms with Crippen molar-refractivity contribution in [1.29, 1.82) is 0 Å². The maximum atomic E-state index is 11.3. The van der Waals surface area contributed by atoms with Crippen LogP contribution in [-0.2, 0) is 4.79 Å². The zero-order valence-electron chi connectivity index (χ0n) is 9.45. The Balaban J connectivity index is 2.86. The molecule has 0 unspecified atom stereocenters. The van der Waals surface area contributed by atoms with E-state index in [0.717, 1.165) is 6.54 Å². The Hall–Kier alpha value is -0.610. The zero-order chi connectivity index (χ0) is 10.9. The lowest BCUT2D eigenvalue weighted by Gasteiger charge is -2.45. The highest BCUT2D eigenvalue weighted by molar-refractivity contribution is 5.79. The standard InChI is InChI=1S/C10H20N2O2/c1-8-7-10(9(13)14,11(2)3)5-6-12(8)4/h8H,5-7H2,1-4H3,(H,13,14)/t8-,10+/m0/s1. The highest BCUT2D eigenvalue weighted by atomic mass is 16.4. The van der Waals surface area contributed by atoms with Crippen molar-refractivity contribution in [3.8, 4) is 0 Å². The minimum atomic E-state index is -0.692. The van der Waals surface area contributed by atoms with E-state index in [1.165, 1.54) is 0 Å². The first-order chi connectivity index (χ1) is 6.40. The molecule has 82 valence electrons. The predicted octanol–water partition coefficient (Wildman–Crippen LogP) is 0.486. The number of piperidine rings is 1. The highest BCUT2D eigenvalue weighted by Crippen LogP contribution is 2.30. The molecule has 0 aromatic heterocycles. The third kappa shape index (κ3) is 1.77. The van der Waals surface area contributed by atoms with Crippen LogP contribution in [0, 0.1) is 0 Å². The lowest BCUT2D eigenvalue weighted by Crippen LogP contribution is -2.59. The van der Waals surface area contributed by atoms with Gasteiger partial charge in [-0.3, -0.25) is 9.69 Å². The maximum Gasteiger partial charge on any atom is 0.324 e. The van der Waals surface area contributed by atoms with Gasteiger partial charge >= 0.3 is 5.97 Å². The number of carboxylic acids is 1. The third-order valence-electron chi connectivity index (χ3n) is 3.52. The summed E-state index contributed by atoms with van der Waals surface area (Å²) in [5, 5.41) is 9.30. The molecule has 1 N–H and O–H groups in total. The lowest BCUT2D eigenvalue weighted by molar-refractivity contribution is -0.154. The molecule has 14 heavy (non-hydrogen) atoms. The number of likely N-dealkylation sites (N-methyl/N-ethyl adjacent to an activating group) is 1. The monoisotopic (exact) mass is 200 g/mol. The van der Waals surface area contributed by atoms with Crippen molar-refractivity contribution >= 4 is 5.97 Å². The number of rotatable bonds is 2. The summed E-state index contributed by atoms with van der Waals surface area (Å²) in [6, 6.07) is 0.335. The number of hydrogen-bond acceptors (Lipinski definition) is 3. The van der Waals surface area contributed by atoms with Gasteiger partial charge in [-0.2, -0.15) is 0 Å². The van der Waals surface area contributed by atoms with E-state index in [1.807, 2.05) is 26.0 Å². The van der Waals surface area contributed by atoms with E-state index in [0.29, 0.717) is 18.9 Å². The fourth-order valence-corrected chi connectivity index (χ4v) is 2.12. The topological polar surface area (TPSA) is 43.8 Å². The smallest absolute Gasteiger partial charge is 0.324 e. The van der Waals surface area contributed by atoms with Gasteiger partial charge in [-0.05, 0) is 40.9 Å². The molecule has 1 heterocycles. The molecule has 4 heteroatoms. The lowest BCUT2D eigenvalue weighted by atomic mass is 9.83. The van der Waals surface area contributed by atoms with Crippen LogP contribution in [0.5, 0.6) is 0 Å². The fraction of sp³-hybridized carbons (Fsp3) is 0.900. The molecule has 0 radical (unpaired) electrons. The van der Waals surface area contributed by atoms with E-state index in [1.54, 1.807) is 0 Å². The van der Waals surface area contributed by atoms with Crippen molar-refractivity contribution in [3.63, 3.8) is 0 Å². The van der Waals surface area contributed by atoms with E-state index in [4.69, 9.17) is 0 Å². The van der Waals surface area contributed by atoms with E-state index in [9.17, 15) is 9.90 Å². The Morgan fingerprint density at radius 3 is 2.50 bits per heavy atom. The van der Waals surface area contributed by atoms with Crippen LogP contribution in [0.1, 0.15) is 19.8 Å². The SMILES string of the molecule is C[C@H]1C[C@](C(=O)O)(N(C)C)CCN1C. The van der Waals surface area contributed by atoms with Crippen LogP contribution < -0.4 is 0 Å². The van der Waals surface area contributed by atoms with Gasteiger partial charge in [0.15, 0.2) is 0 Å². The summed E-state index contributed by atoms with van der Waals surface area (Å²) < 4.78 is 0. The molecule has 0 amide bonds. The molecular weight excluding hydrogens is 180 g/mol. The molecule has 4 nitrogen and oxygen atoms in total. The normalized spacial score (nSPS) is 34.8. The largest absolute Gasteiger partial charge is 0.480 e. The molecule has 2 atom stereocenters. The van der Waals surface area contributed by atoms with Crippen LogP contribution in [0.4, 0.5) is 0 Å². The number of nitrogens with zero attached hydrogens (tertiary/aromatic N) is 2. The number of aliphatic carboxylic acids is 1. The fourth-order valence-electron chi connectivity index (χ4n) is 2.12. The molecule has 0 spiro atoms. The van der Waals surface area contributed by atoms with E-state index >= 15 is 0 Å². The van der Waals surface area contributed by atoms with Crippen LogP contribution in [0.3, 0.4) is 0 Å². The van der Waals surface area contributed by atoms with Gasteiger partial charge in [0, 0.05) is 12.6 Å². The number of carboxylic acid groups (broad SMARTS) is 1. The molecule has 1 fully saturated rings. The molecule has 1 saturated heterocycles. The van der Waals surface area contributed by atoms with Gasteiger partial charge in [-0.1, -0.05) is 0 Å². The van der Waals surface area contributed by atoms with Crippen LogP contribution >= 0.6 is 0 Å². The molecule has 1 rings (SSSR count). The molecule has 1 aliphatic heterocycles. The van der Waals surface area contributed by atoms with Crippen LogP contribution in [0.2, 0.25) is 0 Å². The van der Waals surface area contributed by atoms with E-state index in [2.05, 4.69) is 11.8 Å². The Morgan fingerprint density at radius 2 is 2.14 bits per heavy atom. The molecule has 0 aromatic rings. The van der Waals surface area contributed by atoms with Gasteiger partial charge in [-0.15, -0.1) is 0 Å². The minimum absolute atomic E-state index is 0.335. The van der Waals surface area contributed by atoms with Crippen molar-refractivity contribution in [2.24, 2.45) is 0 Å². The van der Waals surface area contributed by atoms with Crippen LogP contribution in [0.25, 0.3) is 0 Å². The number of likely N-dealkylation sites (tertiary alicyclic amines) is 1. The molecular formula is C10H20N2O2. The zero-order valence-corrected chi connectivity index (χ0v) is 9.45. The summed E-state index contributed by atoms with van der Waals surface area (Å²) in [7, 11) is 5.75. The molecule has 0 aliphatic carbocycles. The van der Waals surface area contributed by atoms with Crippen molar-refractivity contribution in [2.45, 2.75) is 31.3 Å². The van der Waals surface area contributed by atoms with Crippen LogP contribution in [0.15, 0.2) is 0 Å². The summed E-state index contributed by atoms with van der Waals surface area (Å²) >= 11 is 0. The van der Waals surface area contributed by atoms with Crippen molar-refractivity contribution < 1.29 is 9.90 Å². The van der Waals surface area contributed by atoms with Gasteiger partial charge < -0.3 is 10.0 Å². The second-order valence-electron chi connectivity index (χ2n) is 4.51. The first kappa shape index (κ1) is 11.5. The first-order valence-electron chi connectivity index (χ1n) is 5.01. The third-order valence-corrected chi connectivity index (χ3v) is 3.52. The molecule has 0 saturated carbocycles. The average molecular weight is 200 g/mol. The quantitative estimate of drug-likeness (QED) is 0.704. The second-order valence-corrected chi connectivity index (χ2v) is 4.51. The Labute approximate surface area is 85.5 Å². The van der Waals surface area contributed by atoms with Gasteiger partial charge in [-0.25, -0.2) is 0 Å². The predicted molar refractivity (Wildman–Crippen MR) is 55.4 cm³/mol. The maximum absolute atomic E-state index is 11.3. The second kappa shape index (κ2) is 3.87. The number of carbonyl (C=O) groups is 1.